The molecule has 42 heavy (non-hydrogen) atoms. The Morgan fingerprint density at radius 1 is 0.524 bits per heavy atom. The molecule has 4 heteroatoms. The molecule has 0 fully saturated rings. The second kappa shape index (κ2) is 14.3. The zero-order chi connectivity index (χ0) is 29.3. The Morgan fingerprint density at radius 2 is 0.976 bits per heavy atom. The third kappa shape index (κ3) is 7.10. The average molecular weight is 561 g/mol. The second-order valence-electron chi connectivity index (χ2n) is 11.4. The lowest BCUT2D eigenvalue weighted by molar-refractivity contribution is 0.305. The number of benzene rings is 3. The number of hydrogen-bond acceptors (Lipinski definition) is 4. The molecule has 5 rings (SSSR count). The van der Waals surface area contributed by atoms with Gasteiger partial charge < -0.3 is 9.47 Å². The van der Waals surface area contributed by atoms with Crippen molar-refractivity contribution in [3.05, 3.63) is 84.2 Å². The van der Waals surface area contributed by atoms with Crippen molar-refractivity contribution in [2.24, 2.45) is 0 Å². The number of fused-ring (bicyclic) bond motifs is 3. The molecule has 3 aromatic carbocycles. The Balaban J connectivity index is 1.50. The van der Waals surface area contributed by atoms with Gasteiger partial charge in [0.15, 0.2) is 0 Å². The molecule has 0 amide bonds. The van der Waals surface area contributed by atoms with E-state index in [1.54, 1.807) is 0 Å². The van der Waals surface area contributed by atoms with Crippen LogP contribution >= 0.6 is 0 Å². The smallest absolute Gasteiger partial charge is 0.119 e. The zero-order valence-corrected chi connectivity index (χ0v) is 25.7. The van der Waals surface area contributed by atoms with E-state index in [9.17, 15) is 0 Å². The van der Waals surface area contributed by atoms with Crippen LogP contribution in [0.15, 0.2) is 72.8 Å². The topological polar surface area (TPSA) is 44.2 Å². The zero-order valence-electron chi connectivity index (χ0n) is 25.7. The standard InChI is InChI=1S/C38H44N2O2/c1-5-7-9-11-21-41-31-17-13-15-29(25-31)35-23-27(3)39-37-33(35)19-20-34-36(24-28(4)40-38(34)37)30-16-14-18-32(26-30)42-22-12-10-8-6-2/h13-20,23-26H,5-12,21-22H2,1-4H3. The summed E-state index contributed by atoms with van der Waals surface area (Å²) in [7, 11) is 0. The molecule has 0 bridgehead atoms. The highest BCUT2D eigenvalue weighted by molar-refractivity contribution is 6.12. The maximum atomic E-state index is 6.12. The van der Waals surface area contributed by atoms with E-state index in [0.717, 1.165) is 93.0 Å². The summed E-state index contributed by atoms with van der Waals surface area (Å²) < 4.78 is 12.2. The molecule has 4 nitrogen and oxygen atoms in total. The van der Waals surface area contributed by atoms with Crippen LogP contribution in [0.2, 0.25) is 0 Å². The first-order chi connectivity index (χ1) is 20.6. The number of hydrogen-bond donors (Lipinski definition) is 0. The summed E-state index contributed by atoms with van der Waals surface area (Å²) in [4.78, 5) is 10.1. The molecule has 0 radical (unpaired) electrons. The normalized spacial score (nSPS) is 11.3. The highest BCUT2D eigenvalue weighted by Crippen LogP contribution is 2.37. The highest BCUT2D eigenvalue weighted by atomic mass is 16.5. The van der Waals surface area contributed by atoms with Crippen LogP contribution in [-0.4, -0.2) is 23.2 Å². The van der Waals surface area contributed by atoms with Crippen LogP contribution in [0, 0.1) is 13.8 Å². The van der Waals surface area contributed by atoms with Gasteiger partial charge in [0.1, 0.15) is 11.5 Å². The molecule has 5 aromatic rings. The maximum absolute atomic E-state index is 6.12. The monoisotopic (exact) mass is 560 g/mol. The molecule has 0 saturated carbocycles. The van der Waals surface area contributed by atoms with Gasteiger partial charge in [-0.2, -0.15) is 0 Å². The van der Waals surface area contributed by atoms with Gasteiger partial charge in [-0.25, -0.2) is 0 Å². The summed E-state index contributed by atoms with van der Waals surface area (Å²) >= 11 is 0. The Labute approximate surface area is 251 Å². The van der Waals surface area contributed by atoms with Gasteiger partial charge in [-0.05, 0) is 85.3 Å². The Kier molecular flexibility index (Phi) is 10.1. The number of pyridine rings is 2. The number of rotatable bonds is 14. The fourth-order valence-corrected chi connectivity index (χ4v) is 5.65. The van der Waals surface area contributed by atoms with Crippen molar-refractivity contribution < 1.29 is 9.47 Å². The van der Waals surface area contributed by atoms with Gasteiger partial charge >= 0.3 is 0 Å². The van der Waals surface area contributed by atoms with Crippen molar-refractivity contribution >= 4 is 21.8 Å². The van der Waals surface area contributed by atoms with E-state index in [-0.39, 0.29) is 0 Å². The minimum absolute atomic E-state index is 0.751. The molecule has 0 aliphatic carbocycles. The van der Waals surface area contributed by atoms with Gasteiger partial charge in [0.2, 0.25) is 0 Å². The third-order valence-corrected chi connectivity index (χ3v) is 7.84. The first-order valence-electron chi connectivity index (χ1n) is 15.8. The number of aromatic nitrogens is 2. The summed E-state index contributed by atoms with van der Waals surface area (Å²) in [5.74, 6) is 1.83. The molecule has 0 unspecified atom stereocenters. The van der Waals surface area contributed by atoms with Crippen molar-refractivity contribution in [2.75, 3.05) is 13.2 Å². The first kappa shape index (κ1) is 29.6. The molecule has 0 atom stereocenters. The largest absolute Gasteiger partial charge is 0.494 e. The predicted molar refractivity (Wildman–Crippen MR) is 177 cm³/mol. The number of aryl methyl sites for hydroxylation is 2. The molecule has 0 spiro atoms. The van der Waals surface area contributed by atoms with Gasteiger partial charge in [-0.1, -0.05) is 88.8 Å². The lowest BCUT2D eigenvalue weighted by Crippen LogP contribution is -1.98. The summed E-state index contributed by atoms with van der Waals surface area (Å²) in [5.41, 5.74) is 8.38. The van der Waals surface area contributed by atoms with E-state index in [0.29, 0.717) is 0 Å². The van der Waals surface area contributed by atoms with Gasteiger partial charge in [0, 0.05) is 22.2 Å². The van der Waals surface area contributed by atoms with Crippen LogP contribution in [0.4, 0.5) is 0 Å². The van der Waals surface area contributed by atoms with Crippen LogP contribution in [-0.2, 0) is 0 Å². The summed E-state index contributed by atoms with van der Waals surface area (Å²) in [6.45, 7) is 10.1. The van der Waals surface area contributed by atoms with Crippen molar-refractivity contribution in [3.63, 3.8) is 0 Å². The molecule has 0 N–H and O–H groups in total. The van der Waals surface area contributed by atoms with E-state index in [4.69, 9.17) is 19.4 Å². The van der Waals surface area contributed by atoms with E-state index >= 15 is 0 Å². The van der Waals surface area contributed by atoms with Crippen molar-refractivity contribution in [2.45, 2.75) is 79.1 Å². The minimum atomic E-state index is 0.751. The number of nitrogens with zero attached hydrogens (tertiary/aromatic N) is 2. The number of unbranched alkanes of at least 4 members (excludes halogenated alkanes) is 6. The Hall–Kier alpha value is -3.92. The van der Waals surface area contributed by atoms with Crippen LogP contribution in [0.5, 0.6) is 11.5 Å². The van der Waals surface area contributed by atoms with E-state index in [1.165, 1.54) is 38.5 Å². The minimum Gasteiger partial charge on any atom is -0.494 e. The molecule has 0 aliphatic rings. The van der Waals surface area contributed by atoms with Crippen LogP contribution < -0.4 is 9.47 Å². The Bertz CT molecular complexity index is 1520. The van der Waals surface area contributed by atoms with Gasteiger partial charge in [-0.15, -0.1) is 0 Å². The van der Waals surface area contributed by atoms with Gasteiger partial charge in [-0.3, -0.25) is 9.97 Å². The molecular formula is C38H44N2O2. The van der Waals surface area contributed by atoms with E-state index in [1.807, 2.05) is 0 Å². The second-order valence-corrected chi connectivity index (χ2v) is 11.4. The molecule has 0 aliphatic heterocycles. The maximum Gasteiger partial charge on any atom is 0.119 e. The van der Waals surface area contributed by atoms with Crippen molar-refractivity contribution in [1.82, 2.24) is 9.97 Å². The van der Waals surface area contributed by atoms with Crippen LogP contribution in [0.3, 0.4) is 0 Å². The molecular weight excluding hydrogens is 516 g/mol. The Morgan fingerprint density at radius 3 is 1.40 bits per heavy atom. The molecule has 2 aromatic heterocycles. The van der Waals surface area contributed by atoms with Gasteiger partial charge in [0.25, 0.3) is 0 Å². The molecule has 218 valence electrons. The molecule has 0 saturated heterocycles. The van der Waals surface area contributed by atoms with Crippen molar-refractivity contribution in [3.8, 4) is 33.8 Å². The van der Waals surface area contributed by atoms with Gasteiger partial charge in [0.05, 0.1) is 24.2 Å². The average Bonchev–Trinajstić information content (AvgIpc) is 3.00. The first-order valence-corrected chi connectivity index (χ1v) is 15.8. The predicted octanol–water partition coefficient (Wildman–Crippen LogP) is 10.7. The van der Waals surface area contributed by atoms with Crippen LogP contribution in [0.25, 0.3) is 44.1 Å². The quantitative estimate of drug-likeness (QED) is 0.100. The van der Waals surface area contributed by atoms with Crippen LogP contribution in [0.1, 0.15) is 76.6 Å². The number of ether oxygens (including phenoxy) is 2. The third-order valence-electron chi connectivity index (χ3n) is 7.84. The SMILES string of the molecule is CCCCCCOc1cccc(-c2cc(C)nc3c2ccc2c(-c4cccc(OCCCCCC)c4)cc(C)nc23)c1. The lowest BCUT2D eigenvalue weighted by Gasteiger charge is -2.15. The van der Waals surface area contributed by atoms with Crippen molar-refractivity contribution in [1.29, 1.82) is 0 Å². The summed E-state index contributed by atoms with van der Waals surface area (Å²) in [6.07, 6.45) is 9.57. The van der Waals surface area contributed by atoms with E-state index < -0.39 is 0 Å². The van der Waals surface area contributed by atoms with E-state index in [2.05, 4.69) is 100 Å². The molecule has 2 heterocycles. The fraction of sp³-hybridized carbons (Fsp3) is 0.368. The summed E-state index contributed by atoms with van der Waals surface area (Å²) in [6, 6.07) is 25.6. The highest BCUT2D eigenvalue weighted by Gasteiger charge is 2.15. The summed E-state index contributed by atoms with van der Waals surface area (Å²) in [5, 5.41) is 2.20. The fourth-order valence-electron chi connectivity index (χ4n) is 5.65. The lowest BCUT2D eigenvalue weighted by atomic mass is 9.95.